The molecule has 2 rings (SSSR count). The van der Waals surface area contributed by atoms with Crippen molar-refractivity contribution < 1.29 is 13.0 Å². The Labute approximate surface area is 311 Å². The minimum atomic E-state index is -4.30. The van der Waals surface area contributed by atoms with Crippen LogP contribution in [0.2, 0.25) is 0 Å². The quantitative estimate of drug-likeness (QED) is 0.0572. The lowest BCUT2D eigenvalue weighted by Gasteiger charge is -2.14. The second-order valence-electron chi connectivity index (χ2n) is 15.6. The molecule has 0 amide bonds. The van der Waals surface area contributed by atoms with Crippen LogP contribution in [0.25, 0.3) is 10.8 Å². The summed E-state index contributed by atoms with van der Waals surface area (Å²) < 4.78 is 35.5. The van der Waals surface area contributed by atoms with Crippen molar-refractivity contribution in [2.75, 3.05) is 0 Å². The van der Waals surface area contributed by atoms with E-state index in [1.165, 1.54) is 192 Å². The fourth-order valence-electron chi connectivity index (χ4n) is 7.89. The standard InChI is InChI=1S/C46H80O3S/c1-3-5-7-9-11-13-15-17-19-21-23-25-27-29-31-33-36-42-38-35-39-45-44(42)41-40-43(46(45)50(47,48)49)37-34-32-30-28-26-24-22-20-18-16-14-12-10-8-6-4-2/h35,38-41H,3-34,36-37H2,1-2H3,(H,47,48,49). The predicted molar refractivity (Wildman–Crippen MR) is 220 cm³/mol. The molecule has 0 unspecified atom stereocenters. The maximum Gasteiger partial charge on any atom is 0.295 e. The van der Waals surface area contributed by atoms with Crippen LogP contribution in [0.5, 0.6) is 0 Å². The Morgan fingerprint density at radius 2 is 0.700 bits per heavy atom. The average molecular weight is 713 g/mol. The van der Waals surface area contributed by atoms with Crippen LogP contribution >= 0.6 is 0 Å². The van der Waals surface area contributed by atoms with Gasteiger partial charge in [0.1, 0.15) is 4.90 Å². The van der Waals surface area contributed by atoms with E-state index in [4.69, 9.17) is 0 Å². The largest absolute Gasteiger partial charge is 0.295 e. The highest BCUT2D eigenvalue weighted by Crippen LogP contribution is 2.31. The number of fused-ring (bicyclic) bond motifs is 1. The van der Waals surface area contributed by atoms with E-state index < -0.39 is 10.1 Å². The van der Waals surface area contributed by atoms with Crippen molar-refractivity contribution in [1.29, 1.82) is 0 Å². The monoisotopic (exact) mass is 713 g/mol. The number of benzene rings is 2. The first-order chi connectivity index (χ1) is 24.5. The smallest absolute Gasteiger partial charge is 0.282 e. The Kier molecular flexibility index (Phi) is 27.0. The van der Waals surface area contributed by atoms with Gasteiger partial charge in [-0.05, 0) is 42.2 Å². The van der Waals surface area contributed by atoms with E-state index in [2.05, 4.69) is 26.0 Å². The van der Waals surface area contributed by atoms with Gasteiger partial charge >= 0.3 is 0 Å². The van der Waals surface area contributed by atoms with E-state index in [9.17, 15) is 13.0 Å². The lowest BCUT2D eigenvalue weighted by Crippen LogP contribution is -2.05. The first-order valence-corrected chi connectivity index (χ1v) is 23.4. The molecular formula is C46H80O3S. The zero-order chi connectivity index (χ0) is 36.0. The van der Waals surface area contributed by atoms with Crippen LogP contribution in [0.1, 0.15) is 230 Å². The van der Waals surface area contributed by atoms with Gasteiger partial charge in [-0.15, -0.1) is 0 Å². The van der Waals surface area contributed by atoms with E-state index in [1.54, 1.807) is 0 Å². The Morgan fingerprint density at radius 3 is 1.04 bits per heavy atom. The number of hydrogen-bond acceptors (Lipinski definition) is 2. The second kappa shape index (κ2) is 30.1. The number of hydrogen-bond donors (Lipinski definition) is 1. The van der Waals surface area contributed by atoms with Crippen molar-refractivity contribution in [3.63, 3.8) is 0 Å². The molecule has 2 aromatic rings. The van der Waals surface area contributed by atoms with Gasteiger partial charge < -0.3 is 0 Å². The summed E-state index contributed by atoms with van der Waals surface area (Å²) in [6.45, 7) is 4.57. The van der Waals surface area contributed by atoms with E-state index in [-0.39, 0.29) is 4.90 Å². The maximum atomic E-state index is 12.6. The van der Waals surface area contributed by atoms with Crippen molar-refractivity contribution in [2.45, 2.75) is 237 Å². The summed E-state index contributed by atoms with van der Waals surface area (Å²) in [6.07, 6.45) is 44.6. The molecule has 0 saturated heterocycles. The third-order valence-electron chi connectivity index (χ3n) is 11.0. The molecule has 0 fully saturated rings. The lowest BCUT2D eigenvalue weighted by atomic mass is 9.96. The molecule has 0 saturated carbocycles. The Hall–Kier alpha value is -1.39. The van der Waals surface area contributed by atoms with Gasteiger partial charge in [0, 0.05) is 5.39 Å². The summed E-state index contributed by atoms with van der Waals surface area (Å²) in [5.74, 6) is 0. The molecule has 2 aromatic carbocycles. The third kappa shape index (κ3) is 21.2. The normalized spacial score (nSPS) is 12.0. The van der Waals surface area contributed by atoms with Crippen LogP contribution < -0.4 is 0 Å². The van der Waals surface area contributed by atoms with Crippen LogP contribution in [-0.4, -0.2) is 13.0 Å². The van der Waals surface area contributed by atoms with Crippen molar-refractivity contribution in [1.82, 2.24) is 0 Å². The van der Waals surface area contributed by atoms with Crippen molar-refractivity contribution in [3.8, 4) is 0 Å². The molecule has 3 nitrogen and oxygen atoms in total. The molecule has 288 valence electrons. The van der Waals surface area contributed by atoms with E-state index in [0.717, 1.165) is 36.6 Å². The molecule has 0 bridgehead atoms. The molecule has 0 radical (unpaired) electrons. The predicted octanol–water partition coefficient (Wildman–Crippen LogP) is 15.7. The fourth-order valence-corrected chi connectivity index (χ4v) is 8.84. The molecule has 4 heteroatoms. The van der Waals surface area contributed by atoms with Crippen LogP contribution in [0.4, 0.5) is 0 Å². The molecular weight excluding hydrogens is 633 g/mol. The highest BCUT2D eigenvalue weighted by Gasteiger charge is 2.20. The SMILES string of the molecule is CCCCCCCCCCCCCCCCCCc1ccc2c(CCCCCCCCCCCCCCCCCC)cccc2c1S(=O)(=O)O. The zero-order valence-corrected chi connectivity index (χ0v) is 33.9. The molecule has 0 aliphatic carbocycles. The van der Waals surface area contributed by atoms with Crippen molar-refractivity contribution in [2.24, 2.45) is 0 Å². The average Bonchev–Trinajstić information content (AvgIpc) is 3.10. The van der Waals surface area contributed by atoms with Gasteiger partial charge in [-0.1, -0.05) is 237 Å². The Bertz CT molecular complexity index is 1190. The van der Waals surface area contributed by atoms with Crippen LogP contribution in [0.3, 0.4) is 0 Å². The van der Waals surface area contributed by atoms with Crippen molar-refractivity contribution >= 4 is 20.9 Å². The van der Waals surface area contributed by atoms with Gasteiger partial charge in [0.2, 0.25) is 0 Å². The highest BCUT2D eigenvalue weighted by molar-refractivity contribution is 7.86. The topological polar surface area (TPSA) is 54.4 Å². The van der Waals surface area contributed by atoms with Crippen LogP contribution in [0, 0.1) is 0 Å². The minimum absolute atomic E-state index is 0.143. The van der Waals surface area contributed by atoms with Gasteiger partial charge in [-0.2, -0.15) is 8.42 Å². The maximum absolute atomic E-state index is 12.6. The third-order valence-corrected chi connectivity index (χ3v) is 12.0. The highest BCUT2D eigenvalue weighted by atomic mass is 32.2. The van der Waals surface area contributed by atoms with Crippen LogP contribution in [-0.2, 0) is 23.0 Å². The molecule has 0 aliphatic heterocycles. The fraction of sp³-hybridized carbons (Fsp3) is 0.783. The molecule has 50 heavy (non-hydrogen) atoms. The van der Waals surface area contributed by atoms with Gasteiger partial charge in [-0.3, -0.25) is 4.55 Å². The Morgan fingerprint density at radius 1 is 0.380 bits per heavy atom. The van der Waals surface area contributed by atoms with Crippen molar-refractivity contribution in [3.05, 3.63) is 41.5 Å². The van der Waals surface area contributed by atoms with Gasteiger partial charge in [0.05, 0.1) is 0 Å². The molecule has 0 atom stereocenters. The van der Waals surface area contributed by atoms with Crippen LogP contribution in [0.15, 0.2) is 35.2 Å². The zero-order valence-electron chi connectivity index (χ0n) is 33.1. The van der Waals surface area contributed by atoms with Gasteiger partial charge in [0.15, 0.2) is 0 Å². The van der Waals surface area contributed by atoms with E-state index in [1.807, 2.05) is 18.2 Å². The molecule has 0 aliphatic rings. The summed E-state index contributed by atoms with van der Waals surface area (Å²) in [6, 6.07) is 10.1. The minimum Gasteiger partial charge on any atom is -0.282 e. The molecule has 0 aromatic heterocycles. The summed E-state index contributed by atoms with van der Waals surface area (Å²) in [5, 5.41) is 1.67. The lowest BCUT2D eigenvalue weighted by molar-refractivity contribution is 0.482. The summed E-state index contributed by atoms with van der Waals surface area (Å²) in [4.78, 5) is 0.143. The molecule has 1 N–H and O–H groups in total. The summed E-state index contributed by atoms with van der Waals surface area (Å²) in [7, 11) is -4.30. The molecule has 0 heterocycles. The number of rotatable bonds is 35. The van der Waals surface area contributed by atoms with E-state index >= 15 is 0 Å². The number of aryl methyl sites for hydroxylation is 2. The first kappa shape index (κ1) is 44.8. The van der Waals surface area contributed by atoms with E-state index in [0.29, 0.717) is 11.8 Å². The summed E-state index contributed by atoms with van der Waals surface area (Å²) in [5.41, 5.74) is 1.97. The van der Waals surface area contributed by atoms with Gasteiger partial charge in [-0.25, -0.2) is 0 Å². The van der Waals surface area contributed by atoms with Gasteiger partial charge in [0.25, 0.3) is 10.1 Å². The number of unbranched alkanes of at least 4 members (excludes halogenated alkanes) is 30. The first-order valence-electron chi connectivity index (χ1n) is 22.0. The second-order valence-corrected chi connectivity index (χ2v) is 17.0. The summed E-state index contributed by atoms with van der Waals surface area (Å²) >= 11 is 0. The Balaban J connectivity index is 1.61. The molecule has 0 spiro atoms.